The van der Waals surface area contributed by atoms with Gasteiger partial charge in [0.2, 0.25) is 0 Å². The van der Waals surface area contributed by atoms with Crippen molar-refractivity contribution in [1.82, 2.24) is 0 Å². The van der Waals surface area contributed by atoms with Crippen molar-refractivity contribution in [1.29, 1.82) is 0 Å². The molecule has 0 aliphatic heterocycles. The van der Waals surface area contributed by atoms with Crippen LogP contribution in [0.1, 0.15) is 0 Å². The molecule has 0 heterocycles. The van der Waals surface area contributed by atoms with E-state index in [1.807, 2.05) is 0 Å². The Morgan fingerprint density at radius 1 is 0.667 bits per heavy atom. The number of halogens is 4. The molecule has 0 saturated heterocycles. The maximum atomic E-state index is 13.8. The summed E-state index contributed by atoms with van der Waals surface area (Å²) in [7, 11) is 0. The second-order valence-corrected chi connectivity index (χ2v) is 4.59. The van der Waals surface area contributed by atoms with Crippen molar-refractivity contribution in [3.05, 3.63) is 65.7 Å². The van der Waals surface area contributed by atoms with E-state index in [1.165, 1.54) is 24.3 Å². The van der Waals surface area contributed by atoms with Crippen molar-refractivity contribution in [2.24, 2.45) is 0 Å². The molecule has 3 aromatic rings. The summed E-state index contributed by atoms with van der Waals surface area (Å²) >= 11 is 0. The monoisotopic (exact) mass is 292 g/mol. The molecule has 0 aromatic heterocycles. The van der Waals surface area contributed by atoms with Crippen molar-refractivity contribution >= 4 is 10.8 Å². The Bertz CT molecular complexity index is 859. The number of rotatable bonds is 1. The van der Waals surface area contributed by atoms with Crippen molar-refractivity contribution < 1.29 is 22.7 Å². The first-order chi connectivity index (χ1) is 9.97. The van der Waals surface area contributed by atoms with Gasteiger partial charge in [0.1, 0.15) is 5.75 Å². The van der Waals surface area contributed by atoms with Crippen LogP contribution in [-0.2, 0) is 0 Å². The molecule has 21 heavy (non-hydrogen) atoms. The van der Waals surface area contributed by atoms with Gasteiger partial charge in [-0.3, -0.25) is 0 Å². The molecule has 0 bridgehead atoms. The smallest absolute Gasteiger partial charge is 0.198 e. The molecule has 0 amide bonds. The zero-order valence-corrected chi connectivity index (χ0v) is 10.5. The minimum absolute atomic E-state index is 0.0697. The van der Waals surface area contributed by atoms with Gasteiger partial charge in [0, 0.05) is 5.56 Å². The quantitative estimate of drug-likeness (QED) is 0.389. The van der Waals surface area contributed by atoms with Crippen LogP contribution in [0, 0.1) is 23.3 Å². The summed E-state index contributed by atoms with van der Waals surface area (Å²) in [6.45, 7) is 0. The van der Waals surface area contributed by atoms with Gasteiger partial charge in [-0.05, 0) is 40.6 Å². The van der Waals surface area contributed by atoms with E-state index >= 15 is 0 Å². The average molecular weight is 292 g/mol. The fourth-order valence-electron chi connectivity index (χ4n) is 2.18. The third kappa shape index (κ3) is 2.20. The molecule has 1 nitrogen and oxygen atoms in total. The van der Waals surface area contributed by atoms with Crippen LogP contribution in [0.25, 0.3) is 21.9 Å². The van der Waals surface area contributed by atoms with Crippen LogP contribution in [0.2, 0.25) is 0 Å². The Morgan fingerprint density at radius 3 is 2.10 bits per heavy atom. The summed E-state index contributed by atoms with van der Waals surface area (Å²) in [5, 5.41) is 10.7. The summed E-state index contributed by atoms with van der Waals surface area (Å²) in [6, 6.07) is 9.66. The molecule has 0 aliphatic rings. The molecule has 0 radical (unpaired) electrons. The lowest BCUT2D eigenvalue weighted by molar-refractivity contribution is 0.411. The zero-order valence-electron chi connectivity index (χ0n) is 10.5. The summed E-state index contributed by atoms with van der Waals surface area (Å²) in [5.74, 6) is -6.49. The van der Waals surface area contributed by atoms with Gasteiger partial charge in [0.25, 0.3) is 0 Å². The van der Waals surface area contributed by atoms with E-state index in [2.05, 4.69) is 0 Å². The number of hydrogen-bond donors (Lipinski definition) is 1. The second kappa shape index (κ2) is 4.77. The van der Waals surface area contributed by atoms with Crippen LogP contribution < -0.4 is 0 Å². The number of aromatic hydroxyl groups is 1. The van der Waals surface area contributed by atoms with Crippen molar-refractivity contribution in [3.63, 3.8) is 0 Å². The van der Waals surface area contributed by atoms with E-state index in [-0.39, 0.29) is 16.9 Å². The summed E-state index contributed by atoms with van der Waals surface area (Å²) in [6.07, 6.45) is 0. The van der Waals surface area contributed by atoms with E-state index < -0.39 is 23.3 Å². The molecule has 0 fully saturated rings. The Morgan fingerprint density at radius 2 is 1.33 bits per heavy atom. The van der Waals surface area contributed by atoms with E-state index in [0.29, 0.717) is 16.8 Å². The number of hydrogen-bond acceptors (Lipinski definition) is 1. The minimum Gasteiger partial charge on any atom is -0.508 e. The van der Waals surface area contributed by atoms with Crippen molar-refractivity contribution in [2.75, 3.05) is 0 Å². The fourth-order valence-corrected chi connectivity index (χ4v) is 2.18. The molecule has 0 spiro atoms. The Balaban J connectivity index is 2.23. The lowest BCUT2D eigenvalue weighted by Crippen LogP contribution is -1.98. The normalized spacial score (nSPS) is 11.0. The molecule has 106 valence electrons. The first kappa shape index (κ1) is 13.4. The van der Waals surface area contributed by atoms with Crippen LogP contribution in [0.15, 0.2) is 42.5 Å². The second-order valence-electron chi connectivity index (χ2n) is 4.59. The van der Waals surface area contributed by atoms with Crippen molar-refractivity contribution in [3.8, 4) is 16.9 Å². The van der Waals surface area contributed by atoms with Gasteiger partial charge in [0.05, 0.1) is 0 Å². The lowest BCUT2D eigenvalue weighted by Gasteiger charge is -2.08. The van der Waals surface area contributed by atoms with E-state index in [1.54, 1.807) is 12.1 Å². The van der Waals surface area contributed by atoms with Gasteiger partial charge in [-0.1, -0.05) is 18.2 Å². The van der Waals surface area contributed by atoms with E-state index in [4.69, 9.17) is 0 Å². The number of benzene rings is 3. The minimum atomic E-state index is -1.84. The summed E-state index contributed by atoms with van der Waals surface area (Å²) < 4.78 is 53.3. The summed E-state index contributed by atoms with van der Waals surface area (Å²) in [4.78, 5) is 0. The molecule has 0 saturated carbocycles. The highest BCUT2D eigenvalue weighted by Crippen LogP contribution is 2.31. The lowest BCUT2D eigenvalue weighted by atomic mass is 10.0. The molecule has 1 N–H and O–H groups in total. The van der Waals surface area contributed by atoms with Gasteiger partial charge < -0.3 is 5.11 Å². The summed E-state index contributed by atoms with van der Waals surface area (Å²) in [5.41, 5.74) is -0.148. The highest BCUT2D eigenvalue weighted by Gasteiger charge is 2.19. The maximum Gasteiger partial charge on any atom is 0.198 e. The fraction of sp³-hybridized carbons (Fsp3) is 0. The van der Waals surface area contributed by atoms with Gasteiger partial charge >= 0.3 is 0 Å². The average Bonchev–Trinajstić information content (AvgIpc) is 2.48. The molecule has 5 heteroatoms. The number of phenolic OH excluding ortho intramolecular Hbond substituents is 1. The zero-order chi connectivity index (χ0) is 15.1. The first-order valence-electron chi connectivity index (χ1n) is 6.03. The number of phenols is 1. The Labute approximate surface area is 117 Å². The van der Waals surface area contributed by atoms with Gasteiger partial charge in [-0.2, -0.15) is 0 Å². The van der Waals surface area contributed by atoms with Crippen LogP contribution in [0.4, 0.5) is 17.6 Å². The standard InChI is InChI=1S/C16H8F4O/c17-13-7-12(14(18)16(20)15(13)19)10-2-1-9-6-11(21)4-3-8(9)5-10/h1-7,21H. The highest BCUT2D eigenvalue weighted by molar-refractivity contribution is 5.88. The first-order valence-corrected chi connectivity index (χ1v) is 6.03. The SMILES string of the molecule is Oc1ccc2cc(-c3cc(F)c(F)c(F)c3F)ccc2c1. The van der Waals surface area contributed by atoms with E-state index in [9.17, 15) is 22.7 Å². The van der Waals surface area contributed by atoms with Gasteiger partial charge in [0.15, 0.2) is 23.3 Å². The van der Waals surface area contributed by atoms with Crippen LogP contribution in [0.3, 0.4) is 0 Å². The topological polar surface area (TPSA) is 20.2 Å². The van der Waals surface area contributed by atoms with E-state index in [0.717, 1.165) is 0 Å². The highest BCUT2D eigenvalue weighted by atomic mass is 19.2. The van der Waals surface area contributed by atoms with Gasteiger partial charge in [-0.15, -0.1) is 0 Å². The third-order valence-electron chi connectivity index (χ3n) is 3.24. The third-order valence-corrected chi connectivity index (χ3v) is 3.24. The Kier molecular flexibility index (Phi) is 3.05. The molecular weight excluding hydrogens is 284 g/mol. The van der Waals surface area contributed by atoms with Crippen molar-refractivity contribution in [2.45, 2.75) is 0 Å². The van der Waals surface area contributed by atoms with Gasteiger partial charge in [-0.25, -0.2) is 17.6 Å². The van der Waals surface area contributed by atoms with Crippen LogP contribution >= 0.6 is 0 Å². The van der Waals surface area contributed by atoms with Crippen LogP contribution in [-0.4, -0.2) is 5.11 Å². The molecule has 0 aliphatic carbocycles. The molecule has 3 rings (SSSR count). The maximum absolute atomic E-state index is 13.8. The molecular formula is C16H8F4O. The molecule has 0 atom stereocenters. The largest absolute Gasteiger partial charge is 0.508 e. The predicted molar refractivity (Wildman–Crippen MR) is 70.9 cm³/mol. The predicted octanol–water partition coefficient (Wildman–Crippen LogP) is 4.77. The molecule has 0 unspecified atom stereocenters. The molecule has 3 aromatic carbocycles. The number of fused-ring (bicyclic) bond motifs is 1. The Hall–Kier alpha value is -2.56. The van der Waals surface area contributed by atoms with Crippen LogP contribution in [0.5, 0.6) is 5.75 Å².